The summed E-state index contributed by atoms with van der Waals surface area (Å²) in [5.74, 6) is -1.10. The molecule has 0 amide bonds. The van der Waals surface area contributed by atoms with Crippen LogP contribution < -0.4 is 5.32 Å². The van der Waals surface area contributed by atoms with Gasteiger partial charge in [-0.2, -0.15) is 39.5 Å². The summed E-state index contributed by atoms with van der Waals surface area (Å²) in [6, 6.07) is 4.44. The van der Waals surface area contributed by atoms with Crippen LogP contribution in [-0.4, -0.2) is 6.68 Å². The maximum absolute atomic E-state index is 9.67. The van der Waals surface area contributed by atoms with Crippen LogP contribution in [0.2, 0.25) is 0 Å². The normalized spacial score (nSPS) is 5.16. The maximum atomic E-state index is 9.67. The van der Waals surface area contributed by atoms with E-state index in [0.29, 0.717) is 0 Å². The van der Waals surface area contributed by atoms with Crippen molar-refractivity contribution in [3.05, 3.63) is 0 Å². The largest absolute Gasteiger partial charge is 0.379 e. The second kappa shape index (κ2) is 36.6. The minimum Gasteiger partial charge on any atom is -0.229 e. The van der Waals surface area contributed by atoms with Crippen molar-refractivity contribution in [1.82, 2.24) is 5.32 Å². The predicted octanol–water partition coefficient (Wildman–Crippen LogP) is 1.67. The van der Waals surface area contributed by atoms with Crippen LogP contribution in [0.5, 0.6) is 0 Å². The first-order valence-corrected chi connectivity index (χ1v) is 3.40. The van der Waals surface area contributed by atoms with E-state index in [1.807, 2.05) is 0 Å². The van der Waals surface area contributed by atoms with Gasteiger partial charge in [0.25, 0.3) is 0 Å². The Morgan fingerprint density at radius 3 is 1.00 bits per heavy atom. The third-order valence-electron chi connectivity index (χ3n) is 0.499. The Bertz CT molecular complexity index is 351. The van der Waals surface area contributed by atoms with Gasteiger partial charge < -0.3 is 0 Å². The van der Waals surface area contributed by atoms with Crippen LogP contribution in [0.3, 0.4) is 0 Å². The Kier molecular flexibility index (Phi) is 56.9. The molecule has 0 saturated carbocycles. The molecule has 0 aromatic heterocycles. The number of halogens is 3. The highest BCUT2D eigenvalue weighted by atomic mass is 19.4. The molecule has 0 bridgehead atoms. The summed E-state index contributed by atoms with van der Waals surface area (Å²) in [7, 11) is 0. The maximum Gasteiger partial charge on any atom is 0.379 e. The molecule has 0 aliphatic carbocycles. The van der Waals surface area contributed by atoms with E-state index in [2.05, 4.69) is 6.57 Å². The van der Waals surface area contributed by atoms with Gasteiger partial charge >= 0.3 is 6.68 Å². The first kappa shape index (κ1) is 29.6. The Labute approximate surface area is 108 Å². The van der Waals surface area contributed by atoms with Crippen LogP contribution in [0.1, 0.15) is 7.43 Å². The summed E-state index contributed by atoms with van der Waals surface area (Å²) >= 11 is 0. The molecule has 0 radical (unpaired) electrons. The topological polar surface area (TPSA) is 155 Å². The fourth-order valence-corrected chi connectivity index (χ4v) is 0.112. The Morgan fingerprint density at radius 2 is 1.00 bits per heavy atom. The van der Waals surface area contributed by atoms with Gasteiger partial charge in [0.15, 0.2) is 12.4 Å². The number of hydrogen-bond acceptors (Lipinski definition) is 7. The van der Waals surface area contributed by atoms with E-state index in [-0.39, 0.29) is 7.43 Å². The molecule has 0 fully saturated rings. The third kappa shape index (κ3) is 111. The highest BCUT2D eigenvalue weighted by Crippen LogP contribution is 1.87. The lowest BCUT2D eigenvalue weighted by Gasteiger charge is -1.69. The van der Waals surface area contributed by atoms with Crippen molar-refractivity contribution < 1.29 is 13.2 Å². The fourth-order valence-electron chi connectivity index (χ4n) is 0.112. The molecule has 0 atom stereocenters. The van der Waals surface area contributed by atoms with Crippen LogP contribution >= 0.6 is 0 Å². The average Bonchev–Trinajstić information content (AvgIpc) is 2.35. The molecule has 0 aromatic carbocycles. The van der Waals surface area contributed by atoms with Crippen LogP contribution in [-0.2, 0) is 0 Å². The van der Waals surface area contributed by atoms with Gasteiger partial charge in [0.2, 0.25) is 5.92 Å². The molecule has 0 saturated heterocycles. The summed E-state index contributed by atoms with van der Waals surface area (Å²) in [5.41, 5.74) is 0. The third-order valence-corrected chi connectivity index (χ3v) is 0.499. The van der Waals surface area contributed by atoms with Crippen molar-refractivity contribution in [2.24, 2.45) is 5.92 Å². The van der Waals surface area contributed by atoms with Gasteiger partial charge in [0.1, 0.15) is 0 Å². The SMILES string of the molecule is C.C#N.FC(F)F.N#CC(C#N)C#N.N#CNC#N. The van der Waals surface area contributed by atoms with Gasteiger partial charge in [0, 0.05) is 6.57 Å². The van der Waals surface area contributed by atoms with E-state index in [9.17, 15) is 13.2 Å². The molecule has 19 heavy (non-hydrogen) atoms. The Morgan fingerprint density at radius 1 is 0.789 bits per heavy atom. The zero-order valence-electron chi connectivity index (χ0n) is 8.55. The van der Waals surface area contributed by atoms with Gasteiger partial charge in [-0.25, -0.2) is 10.6 Å². The van der Waals surface area contributed by atoms with Gasteiger partial charge in [-0.05, 0) is 0 Å². The average molecular weight is 271 g/mol. The highest BCUT2D eigenvalue weighted by molar-refractivity contribution is 5.11. The van der Waals surface area contributed by atoms with Gasteiger partial charge in [-0.15, -0.1) is 0 Å². The predicted molar refractivity (Wildman–Crippen MR) is 55.2 cm³/mol. The number of nitrogens with one attached hydrogen (secondary N) is 1. The quantitative estimate of drug-likeness (QED) is 0.518. The smallest absolute Gasteiger partial charge is 0.229 e. The van der Waals surface area contributed by atoms with Crippen molar-refractivity contribution in [3.8, 4) is 37.2 Å². The molecular formula is C9H8F3N7. The highest BCUT2D eigenvalue weighted by Gasteiger charge is 1.97. The molecule has 1 N–H and O–H groups in total. The molecule has 0 aliphatic rings. The van der Waals surface area contributed by atoms with E-state index in [4.69, 9.17) is 31.6 Å². The van der Waals surface area contributed by atoms with Gasteiger partial charge in [0.05, 0.1) is 18.2 Å². The minimum atomic E-state index is -3.67. The molecule has 0 unspecified atom stereocenters. The second-order valence-corrected chi connectivity index (χ2v) is 1.42. The van der Waals surface area contributed by atoms with Crippen LogP contribution in [0.4, 0.5) is 13.2 Å². The second-order valence-electron chi connectivity index (χ2n) is 1.42. The molecule has 0 rings (SSSR count). The van der Waals surface area contributed by atoms with Crippen molar-refractivity contribution in [1.29, 1.82) is 31.6 Å². The van der Waals surface area contributed by atoms with Gasteiger partial charge in [-0.3, -0.25) is 0 Å². The van der Waals surface area contributed by atoms with Crippen LogP contribution in [0.25, 0.3) is 0 Å². The summed E-state index contributed by atoms with van der Waals surface area (Å²) in [4.78, 5) is 0. The van der Waals surface area contributed by atoms with E-state index < -0.39 is 12.6 Å². The fraction of sp³-hybridized carbons (Fsp3) is 0.333. The molecular weight excluding hydrogens is 263 g/mol. The van der Waals surface area contributed by atoms with Crippen molar-refractivity contribution in [2.75, 3.05) is 0 Å². The standard InChI is InChI=1S/C4HN3.C2HN3.CHF3.CHN.CH4/c5-1-4(2-6)3-7;3-1-5-2-4;2-1(3)4;1-2;/h4H;5H;1H;1H;1H4. The Balaban J connectivity index is -0.0000000487. The summed E-state index contributed by atoms with van der Waals surface area (Å²) in [6.07, 6.45) is 2.81. The number of nitrogens with zero attached hydrogens (tertiary/aromatic N) is 6. The number of hydrogen-bond donors (Lipinski definition) is 1. The first-order valence-electron chi connectivity index (χ1n) is 3.40. The number of nitriles is 6. The lowest BCUT2D eigenvalue weighted by molar-refractivity contribution is 0.00819. The van der Waals surface area contributed by atoms with Crippen LogP contribution in [0, 0.1) is 74.7 Å². The molecule has 0 aromatic rings. The van der Waals surface area contributed by atoms with Crippen molar-refractivity contribution in [3.63, 3.8) is 0 Å². The summed E-state index contributed by atoms with van der Waals surface area (Å²) in [5, 5.41) is 46.7. The molecule has 0 aliphatic heterocycles. The van der Waals surface area contributed by atoms with Gasteiger partial charge in [-0.1, -0.05) is 7.43 Å². The van der Waals surface area contributed by atoms with E-state index in [0.717, 1.165) is 0 Å². The molecule has 0 spiro atoms. The van der Waals surface area contributed by atoms with Crippen molar-refractivity contribution >= 4 is 0 Å². The lowest BCUT2D eigenvalue weighted by Crippen LogP contribution is -1.88. The molecule has 0 heterocycles. The van der Waals surface area contributed by atoms with E-state index in [1.165, 1.54) is 30.6 Å². The lowest BCUT2D eigenvalue weighted by atomic mass is 10.2. The van der Waals surface area contributed by atoms with Crippen molar-refractivity contribution in [2.45, 2.75) is 14.1 Å². The zero-order valence-corrected chi connectivity index (χ0v) is 8.55. The monoisotopic (exact) mass is 271 g/mol. The molecule has 10 heteroatoms. The summed E-state index contributed by atoms with van der Waals surface area (Å²) in [6.45, 7) is -0.167. The van der Waals surface area contributed by atoms with E-state index in [1.54, 1.807) is 5.32 Å². The first-order chi connectivity index (χ1) is 8.49. The number of rotatable bonds is 0. The van der Waals surface area contributed by atoms with Crippen LogP contribution in [0.15, 0.2) is 0 Å². The molecule has 7 nitrogen and oxygen atoms in total. The zero-order chi connectivity index (χ0) is 15.4. The minimum absolute atomic E-state index is 0. The van der Waals surface area contributed by atoms with E-state index >= 15 is 0 Å². The summed E-state index contributed by atoms with van der Waals surface area (Å²) < 4.78 is 29.0. The Hall–Kier alpha value is -3.47. The number of alkyl halides is 3. The molecule has 100 valence electrons.